The zero-order chi connectivity index (χ0) is 30.2. The number of aliphatic hydroxyl groups is 3. The maximum atomic E-state index is 14.3. The van der Waals surface area contributed by atoms with E-state index in [4.69, 9.17) is 5.73 Å². The summed E-state index contributed by atoms with van der Waals surface area (Å²) in [6, 6.07) is 11.1. The summed E-state index contributed by atoms with van der Waals surface area (Å²) in [6.07, 6.45) is -2.95. The van der Waals surface area contributed by atoms with Gasteiger partial charge in [-0.15, -0.1) is 11.8 Å². The number of aliphatic hydroxyl groups excluding tert-OH is 2. The first-order valence-corrected chi connectivity index (χ1v) is 15.2. The Bertz CT molecular complexity index is 1440. The first-order chi connectivity index (χ1) is 19.2. The molecule has 5 rings (SSSR count). The molecule has 0 aromatic heterocycles. The summed E-state index contributed by atoms with van der Waals surface area (Å²) < 4.78 is 0. The largest absolute Gasteiger partial charge is 0.507 e. The first-order valence-electron chi connectivity index (χ1n) is 14.2. The standard InChI is InChI=1S/C32H39NO7S/c1-6-41-20-10-8-7-9-17(20)16-11-12-19(34)21-18(16)13-30(4)14-31(5)23(15(2)3)26(36)22(29(33)39)27(37)32(31,40)28(38)24(30)25(21)35/h7-12,15,22-24,26,28,34,36,38,40H,6,13-14H2,1-5H3,(H2,33,39)/t22-,23+,24-,26?,28?,30-,31-,32+/m1/s1. The van der Waals surface area contributed by atoms with E-state index in [9.17, 15) is 34.8 Å². The molecule has 0 heterocycles. The number of benzene rings is 2. The van der Waals surface area contributed by atoms with Gasteiger partial charge in [0.05, 0.1) is 17.6 Å². The predicted octanol–water partition coefficient (Wildman–Crippen LogP) is 3.35. The molecule has 3 aliphatic carbocycles. The summed E-state index contributed by atoms with van der Waals surface area (Å²) in [5.74, 6) is -6.14. The quantitative estimate of drug-likeness (QED) is 0.266. The van der Waals surface area contributed by atoms with Crippen LogP contribution in [0, 0.1) is 34.5 Å². The van der Waals surface area contributed by atoms with Crippen molar-refractivity contribution in [2.75, 3.05) is 5.75 Å². The molecule has 2 unspecified atom stereocenters. The number of phenolic OH excluding ortho intramolecular Hbond substituents is 1. The van der Waals surface area contributed by atoms with Gasteiger partial charge in [-0.25, -0.2) is 0 Å². The molecule has 2 aromatic carbocycles. The Balaban J connectivity index is 1.73. The average Bonchev–Trinajstić information content (AvgIpc) is 2.86. The second kappa shape index (κ2) is 9.93. The van der Waals surface area contributed by atoms with Crippen LogP contribution in [0.5, 0.6) is 5.75 Å². The van der Waals surface area contributed by atoms with Gasteiger partial charge in [0, 0.05) is 10.3 Å². The number of nitrogens with two attached hydrogens (primary N) is 1. The third kappa shape index (κ3) is 3.96. The fourth-order valence-electron chi connectivity index (χ4n) is 8.76. The van der Waals surface area contributed by atoms with E-state index in [1.807, 2.05) is 45.0 Å². The number of fused-ring (bicyclic) bond motifs is 3. The van der Waals surface area contributed by atoms with Gasteiger partial charge in [-0.1, -0.05) is 58.9 Å². The van der Waals surface area contributed by atoms with Crippen LogP contribution >= 0.6 is 11.8 Å². The fraction of sp³-hybridized carbons (Fsp3) is 0.531. The maximum absolute atomic E-state index is 14.3. The molecule has 0 bridgehead atoms. The summed E-state index contributed by atoms with van der Waals surface area (Å²) in [4.78, 5) is 41.6. The molecule has 220 valence electrons. The summed E-state index contributed by atoms with van der Waals surface area (Å²) in [5.41, 5.74) is 3.13. The van der Waals surface area contributed by atoms with E-state index in [-0.39, 0.29) is 30.1 Å². The lowest BCUT2D eigenvalue weighted by Crippen LogP contribution is -2.79. The molecular weight excluding hydrogens is 542 g/mol. The van der Waals surface area contributed by atoms with Crippen molar-refractivity contribution in [3.63, 3.8) is 0 Å². The zero-order valence-corrected chi connectivity index (χ0v) is 24.9. The minimum Gasteiger partial charge on any atom is -0.507 e. The second-order valence-electron chi connectivity index (χ2n) is 12.9. The van der Waals surface area contributed by atoms with E-state index in [2.05, 4.69) is 6.92 Å². The van der Waals surface area contributed by atoms with Gasteiger partial charge in [-0.05, 0) is 64.7 Å². The molecule has 9 heteroatoms. The average molecular weight is 582 g/mol. The number of primary amides is 1. The number of carbonyl (C=O) groups is 3. The number of ketones is 2. The summed E-state index contributed by atoms with van der Waals surface area (Å²) in [6.45, 7) is 9.24. The van der Waals surface area contributed by atoms with Gasteiger partial charge in [-0.3, -0.25) is 14.4 Å². The third-order valence-corrected chi connectivity index (χ3v) is 11.1. The van der Waals surface area contributed by atoms with E-state index in [0.29, 0.717) is 5.56 Å². The topological polar surface area (TPSA) is 158 Å². The molecule has 6 N–H and O–H groups in total. The van der Waals surface area contributed by atoms with Crippen molar-refractivity contribution in [1.29, 1.82) is 0 Å². The van der Waals surface area contributed by atoms with Crippen LogP contribution < -0.4 is 5.73 Å². The highest BCUT2D eigenvalue weighted by molar-refractivity contribution is 7.99. The van der Waals surface area contributed by atoms with E-state index in [1.54, 1.807) is 24.8 Å². The summed E-state index contributed by atoms with van der Waals surface area (Å²) in [7, 11) is 0. The Morgan fingerprint density at radius 3 is 2.37 bits per heavy atom. The van der Waals surface area contributed by atoms with Gasteiger partial charge in [0.1, 0.15) is 17.8 Å². The Labute approximate surface area is 244 Å². The third-order valence-electron chi connectivity index (χ3n) is 10.1. The van der Waals surface area contributed by atoms with Crippen LogP contribution in [0.25, 0.3) is 11.1 Å². The molecule has 2 fully saturated rings. The lowest BCUT2D eigenvalue weighted by atomic mass is 9.39. The fourth-order valence-corrected chi connectivity index (χ4v) is 9.57. The van der Waals surface area contributed by atoms with Crippen molar-refractivity contribution in [3.8, 4) is 16.9 Å². The molecule has 3 aliphatic rings. The van der Waals surface area contributed by atoms with Crippen molar-refractivity contribution >= 4 is 29.2 Å². The first kappa shape index (κ1) is 29.8. The van der Waals surface area contributed by atoms with Gasteiger partial charge in [0.2, 0.25) is 5.91 Å². The van der Waals surface area contributed by atoms with Crippen LogP contribution in [0.3, 0.4) is 0 Å². The Morgan fingerprint density at radius 2 is 1.76 bits per heavy atom. The van der Waals surface area contributed by atoms with Crippen LogP contribution in [0.15, 0.2) is 41.3 Å². The van der Waals surface area contributed by atoms with Crippen LogP contribution in [0.4, 0.5) is 0 Å². The smallest absolute Gasteiger partial charge is 0.230 e. The molecule has 1 amide bonds. The molecule has 0 aliphatic heterocycles. The highest BCUT2D eigenvalue weighted by Crippen LogP contribution is 2.66. The number of amides is 1. The zero-order valence-electron chi connectivity index (χ0n) is 24.0. The monoisotopic (exact) mass is 581 g/mol. The number of aromatic hydroxyl groups is 1. The van der Waals surface area contributed by atoms with Gasteiger partial charge in [0.15, 0.2) is 17.2 Å². The SMILES string of the molecule is CCSc1ccccc1-c1ccc(O)c2c1C[C@]1(C)C[C@]3(C)[C@@H](C(C)C)C(O)[C@@H](C(N)=O)C(=O)[C@]3(O)C(O)[C@H]1C2=O. The second-order valence-corrected chi connectivity index (χ2v) is 14.2. The molecule has 2 aromatic rings. The minimum absolute atomic E-state index is 0.0719. The van der Waals surface area contributed by atoms with Crippen LogP contribution in [-0.4, -0.2) is 61.5 Å². The Kier molecular flexibility index (Phi) is 7.21. The summed E-state index contributed by atoms with van der Waals surface area (Å²) >= 11 is 1.67. The normalized spacial score (nSPS) is 36.5. The molecule has 8 atom stereocenters. The van der Waals surface area contributed by atoms with Gasteiger partial charge < -0.3 is 26.2 Å². The predicted molar refractivity (Wildman–Crippen MR) is 155 cm³/mol. The minimum atomic E-state index is -2.52. The lowest BCUT2D eigenvalue weighted by molar-refractivity contribution is -0.265. The lowest BCUT2D eigenvalue weighted by Gasteiger charge is -2.66. The number of hydrogen-bond donors (Lipinski definition) is 5. The van der Waals surface area contributed by atoms with Crippen molar-refractivity contribution in [3.05, 3.63) is 47.5 Å². The van der Waals surface area contributed by atoms with Crippen molar-refractivity contribution < 1.29 is 34.8 Å². The van der Waals surface area contributed by atoms with E-state index in [1.165, 1.54) is 6.07 Å². The van der Waals surface area contributed by atoms with Gasteiger partial charge in [0.25, 0.3) is 0 Å². The molecule has 0 spiro atoms. The molecule has 8 nitrogen and oxygen atoms in total. The van der Waals surface area contributed by atoms with Crippen LogP contribution in [0.1, 0.15) is 57.0 Å². The number of phenols is 1. The number of hydrogen-bond acceptors (Lipinski definition) is 8. The summed E-state index contributed by atoms with van der Waals surface area (Å²) in [5, 5.41) is 46.4. The molecule has 0 radical (unpaired) electrons. The molecule has 0 saturated heterocycles. The van der Waals surface area contributed by atoms with Crippen molar-refractivity contribution in [2.45, 2.75) is 70.2 Å². The van der Waals surface area contributed by atoms with Crippen LogP contribution in [0.2, 0.25) is 0 Å². The molecule has 41 heavy (non-hydrogen) atoms. The van der Waals surface area contributed by atoms with E-state index in [0.717, 1.165) is 21.8 Å². The molecule has 2 saturated carbocycles. The maximum Gasteiger partial charge on any atom is 0.230 e. The molecular formula is C32H39NO7S. The van der Waals surface area contributed by atoms with E-state index < -0.39 is 63.9 Å². The van der Waals surface area contributed by atoms with Gasteiger partial charge in [-0.2, -0.15) is 0 Å². The Morgan fingerprint density at radius 1 is 1.10 bits per heavy atom. The Hall–Kier alpha value is -2.72. The number of carbonyl (C=O) groups excluding carboxylic acids is 3. The number of rotatable bonds is 5. The highest BCUT2D eigenvalue weighted by atomic mass is 32.2. The highest BCUT2D eigenvalue weighted by Gasteiger charge is 2.75. The van der Waals surface area contributed by atoms with Crippen molar-refractivity contribution in [2.24, 2.45) is 40.2 Å². The van der Waals surface area contributed by atoms with Crippen LogP contribution in [-0.2, 0) is 16.0 Å². The number of Topliss-reactive ketones (excluding diaryl/α,β-unsaturated/α-hetero) is 2. The van der Waals surface area contributed by atoms with Crippen molar-refractivity contribution in [1.82, 2.24) is 0 Å². The van der Waals surface area contributed by atoms with Gasteiger partial charge >= 0.3 is 0 Å². The van der Waals surface area contributed by atoms with E-state index >= 15 is 0 Å². The number of thioether (sulfide) groups is 1.